The standard InChI is InChI=1S/C12H11NO3/c1-8-3-2-4-9(5-8)12-10(6-11(14)15)16-7-13-12/h2-5,7H,6H2,1H3,(H,14,15). The van der Waals surface area contributed by atoms with E-state index >= 15 is 0 Å². The molecule has 2 rings (SSSR count). The monoisotopic (exact) mass is 217 g/mol. The van der Waals surface area contributed by atoms with Gasteiger partial charge in [0.1, 0.15) is 17.9 Å². The SMILES string of the molecule is Cc1cccc(-c2ncoc2CC(=O)O)c1. The van der Waals surface area contributed by atoms with Crippen molar-refractivity contribution in [2.24, 2.45) is 0 Å². The zero-order chi connectivity index (χ0) is 11.5. The Hall–Kier alpha value is -2.10. The molecule has 0 unspecified atom stereocenters. The van der Waals surface area contributed by atoms with Crippen LogP contribution in [0, 0.1) is 6.92 Å². The Morgan fingerprint density at radius 3 is 3.00 bits per heavy atom. The van der Waals surface area contributed by atoms with Crippen LogP contribution in [0.2, 0.25) is 0 Å². The van der Waals surface area contributed by atoms with Crippen LogP contribution in [0.15, 0.2) is 35.1 Å². The van der Waals surface area contributed by atoms with Crippen molar-refractivity contribution >= 4 is 5.97 Å². The van der Waals surface area contributed by atoms with Crippen LogP contribution in [0.1, 0.15) is 11.3 Å². The summed E-state index contributed by atoms with van der Waals surface area (Å²) in [5.74, 6) is -0.538. The normalized spacial score (nSPS) is 10.3. The average Bonchev–Trinajstić information content (AvgIpc) is 2.65. The molecule has 0 bridgehead atoms. The van der Waals surface area contributed by atoms with E-state index in [-0.39, 0.29) is 6.42 Å². The minimum Gasteiger partial charge on any atom is -0.481 e. The molecule has 1 aromatic carbocycles. The number of aliphatic carboxylic acids is 1. The Labute approximate surface area is 92.6 Å². The number of carboxylic acid groups (broad SMARTS) is 1. The van der Waals surface area contributed by atoms with Gasteiger partial charge in [0.25, 0.3) is 0 Å². The van der Waals surface area contributed by atoms with E-state index in [2.05, 4.69) is 4.98 Å². The van der Waals surface area contributed by atoms with Crippen LogP contribution in [0.3, 0.4) is 0 Å². The second-order valence-corrected chi connectivity index (χ2v) is 3.56. The molecule has 0 fully saturated rings. The van der Waals surface area contributed by atoms with Gasteiger partial charge in [0, 0.05) is 5.56 Å². The number of benzene rings is 1. The fourth-order valence-corrected chi connectivity index (χ4v) is 1.56. The molecule has 1 aromatic heterocycles. The molecule has 0 aliphatic rings. The second kappa shape index (κ2) is 4.18. The summed E-state index contributed by atoms with van der Waals surface area (Å²) in [4.78, 5) is 14.7. The van der Waals surface area contributed by atoms with Gasteiger partial charge < -0.3 is 9.52 Å². The fourth-order valence-electron chi connectivity index (χ4n) is 1.56. The topological polar surface area (TPSA) is 63.3 Å². The number of hydrogen-bond acceptors (Lipinski definition) is 3. The Kier molecular flexibility index (Phi) is 2.72. The van der Waals surface area contributed by atoms with E-state index < -0.39 is 5.97 Å². The number of oxazole rings is 1. The summed E-state index contributed by atoms with van der Waals surface area (Å²) in [5, 5.41) is 8.72. The maximum atomic E-state index is 10.6. The van der Waals surface area contributed by atoms with Gasteiger partial charge in [-0.15, -0.1) is 0 Å². The van der Waals surface area contributed by atoms with Crippen LogP contribution in [-0.2, 0) is 11.2 Å². The zero-order valence-electron chi connectivity index (χ0n) is 8.80. The molecular weight excluding hydrogens is 206 g/mol. The third-order valence-corrected chi connectivity index (χ3v) is 2.24. The van der Waals surface area contributed by atoms with Crippen LogP contribution < -0.4 is 0 Å². The molecule has 4 nitrogen and oxygen atoms in total. The highest BCUT2D eigenvalue weighted by atomic mass is 16.4. The summed E-state index contributed by atoms with van der Waals surface area (Å²) in [5.41, 5.74) is 2.58. The van der Waals surface area contributed by atoms with Crippen molar-refractivity contribution in [3.05, 3.63) is 42.0 Å². The number of aromatic nitrogens is 1. The highest BCUT2D eigenvalue weighted by Crippen LogP contribution is 2.23. The van der Waals surface area contributed by atoms with Crippen molar-refractivity contribution in [1.29, 1.82) is 0 Å². The van der Waals surface area contributed by atoms with E-state index in [4.69, 9.17) is 9.52 Å². The minimum atomic E-state index is -0.925. The van der Waals surface area contributed by atoms with Gasteiger partial charge in [-0.25, -0.2) is 4.98 Å². The molecule has 16 heavy (non-hydrogen) atoms. The largest absolute Gasteiger partial charge is 0.481 e. The Morgan fingerprint density at radius 2 is 2.31 bits per heavy atom. The van der Waals surface area contributed by atoms with Gasteiger partial charge in [-0.3, -0.25) is 4.79 Å². The summed E-state index contributed by atoms with van der Waals surface area (Å²) in [6.45, 7) is 1.97. The lowest BCUT2D eigenvalue weighted by atomic mass is 10.1. The molecular formula is C12H11NO3. The first kappa shape index (κ1) is 10.4. The van der Waals surface area contributed by atoms with Gasteiger partial charge in [0.15, 0.2) is 6.39 Å². The van der Waals surface area contributed by atoms with Gasteiger partial charge in [-0.2, -0.15) is 0 Å². The average molecular weight is 217 g/mol. The van der Waals surface area contributed by atoms with Gasteiger partial charge >= 0.3 is 5.97 Å². The Bertz CT molecular complexity index is 516. The van der Waals surface area contributed by atoms with Crippen molar-refractivity contribution in [3.8, 4) is 11.3 Å². The van der Waals surface area contributed by atoms with Crippen LogP contribution in [0.4, 0.5) is 0 Å². The molecule has 0 spiro atoms. The van der Waals surface area contributed by atoms with E-state index in [0.29, 0.717) is 11.5 Å². The molecule has 4 heteroatoms. The lowest BCUT2D eigenvalue weighted by Crippen LogP contribution is -2.00. The maximum absolute atomic E-state index is 10.6. The van der Waals surface area contributed by atoms with Crippen LogP contribution in [0.5, 0.6) is 0 Å². The van der Waals surface area contributed by atoms with Crippen molar-refractivity contribution in [2.45, 2.75) is 13.3 Å². The summed E-state index contributed by atoms with van der Waals surface area (Å²) in [7, 11) is 0. The molecule has 0 aliphatic carbocycles. The molecule has 2 aromatic rings. The molecule has 1 N–H and O–H groups in total. The Balaban J connectivity index is 2.40. The highest BCUT2D eigenvalue weighted by molar-refractivity contribution is 5.73. The third kappa shape index (κ3) is 2.11. The van der Waals surface area contributed by atoms with E-state index in [1.165, 1.54) is 6.39 Å². The van der Waals surface area contributed by atoms with E-state index in [1.807, 2.05) is 31.2 Å². The van der Waals surface area contributed by atoms with Gasteiger partial charge in [0.2, 0.25) is 0 Å². The predicted octanol–water partition coefficient (Wildman–Crippen LogP) is 2.28. The molecule has 0 aliphatic heterocycles. The highest BCUT2D eigenvalue weighted by Gasteiger charge is 2.13. The molecule has 0 saturated heterocycles. The summed E-state index contributed by atoms with van der Waals surface area (Å²) in [6.07, 6.45) is 1.12. The smallest absolute Gasteiger partial charge is 0.311 e. The second-order valence-electron chi connectivity index (χ2n) is 3.56. The van der Waals surface area contributed by atoms with Crippen molar-refractivity contribution in [3.63, 3.8) is 0 Å². The fraction of sp³-hybridized carbons (Fsp3) is 0.167. The van der Waals surface area contributed by atoms with Crippen molar-refractivity contribution < 1.29 is 14.3 Å². The number of nitrogens with zero attached hydrogens (tertiary/aromatic N) is 1. The van der Waals surface area contributed by atoms with Crippen LogP contribution >= 0.6 is 0 Å². The number of aryl methyl sites for hydroxylation is 1. The lowest BCUT2D eigenvalue weighted by Gasteiger charge is -2.00. The number of hydrogen-bond donors (Lipinski definition) is 1. The molecule has 82 valence electrons. The summed E-state index contributed by atoms with van der Waals surface area (Å²) >= 11 is 0. The minimum absolute atomic E-state index is 0.150. The zero-order valence-corrected chi connectivity index (χ0v) is 8.80. The molecule has 1 heterocycles. The van der Waals surface area contributed by atoms with Gasteiger partial charge in [-0.1, -0.05) is 23.8 Å². The van der Waals surface area contributed by atoms with Crippen LogP contribution in [-0.4, -0.2) is 16.1 Å². The Morgan fingerprint density at radius 1 is 1.50 bits per heavy atom. The molecule has 0 atom stereocenters. The number of carboxylic acids is 1. The predicted molar refractivity (Wildman–Crippen MR) is 58.0 cm³/mol. The van der Waals surface area contributed by atoms with Crippen molar-refractivity contribution in [1.82, 2.24) is 4.98 Å². The van der Waals surface area contributed by atoms with Gasteiger partial charge in [0.05, 0.1) is 0 Å². The molecule has 0 amide bonds. The molecule has 0 saturated carbocycles. The first-order valence-electron chi connectivity index (χ1n) is 4.88. The van der Waals surface area contributed by atoms with E-state index in [0.717, 1.165) is 11.1 Å². The first-order chi connectivity index (χ1) is 7.66. The van der Waals surface area contributed by atoms with E-state index in [9.17, 15) is 4.79 Å². The van der Waals surface area contributed by atoms with Crippen molar-refractivity contribution in [2.75, 3.05) is 0 Å². The first-order valence-corrected chi connectivity index (χ1v) is 4.88. The third-order valence-electron chi connectivity index (χ3n) is 2.24. The van der Waals surface area contributed by atoms with Gasteiger partial charge in [-0.05, 0) is 13.0 Å². The summed E-state index contributed by atoms with van der Waals surface area (Å²) < 4.78 is 5.08. The maximum Gasteiger partial charge on any atom is 0.311 e. The van der Waals surface area contributed by atoms with E-state index in [1.54, 1.807) is 0 Å². The number of carbonyl (C=O) groups is 1. The number of rotatable bonds is 3. The quantitative estimate of drug-likeness (QED) is 0.856. The van der Waals surface area contributed by atoms with Crippen LogP contribution in [0.25, 0.3) is 11.3 Å². The summed E-state index contributed by atoms with van der Waals surface area (Å²) in [6, 6.07) is 7.71. The molecule has 0 radical (unpaired) electrons. The lowest BCUT2D eigenvalue weighted by molar-refractivity contribution is -0.136.